The zero-order valence-corrected chi connectivity index (χ0v) is 12.6. The van der Waals surface area contributed by atoms with Gasteiger partial charge >= 0.3 is 0 Å². The molecule has 0 N–H and O–H groups in total. The molecule has 0 spiro atoms. The van der Waals surface area contributed by atoms with Crippen LogP contribution in [0, 0.1) is 0 Å². The molecule has 1 heterocycles. The maximum absolute atomic E-state index is 12.7. The molecule has 1 aromatic rings. The van der Waals surface area contributed by atoms with E-state index in [2.05, 4.69) is 15.9 Å². The van der Waals surface area contributed by atoms with Crippen LogP contribution >= 0.6 is 15.9 Å². The van der Waals surface area contributed by atoms with E-state index in [1.165, 1.54) is 0 Å². The third kappa shape index (κ3) is 2.77. The van der Waals surface area contributed by atoms with E-state index in [0.717, 1.165) is 31.5 Å². The Hall–Kier alpha value is -0.830. The number of carbonyl (C=O) groups is 1. The molecule has 2 nitrogen and oxygen atoms in total. The lowest BCUT2D eigenvalue weighted by molar-refractivity contribution is -0.137. The summed E-state index contributed by atoms with van der Waals surface area (Å²) in [6.45, 7) is 5.75. The molecule has 0 aliphatic carbocycles. The molecule has 1 fully saturated rings. The summed E-state index contributed by atoms with van der Waals surface area (Å²) in [4.78, 5) is 15.1. The number of benzene rings is 1. The summed E-state index contributed by atoms with van der Waals surface area (Å²) in [6.07, 6.45) is 2.25. The van der Waals surface area contributed by atoms with Crippen LogP contribution in [0.3, 0.4) is 0 Å². The van der Waals surface area contributed by atoms with Crippen LogP contribution in [0.4, 0.5) is 0 Å². The van der Waals surface area contributed by atoms with Crippen molar-refractivity contribution in [3.05, 3.63) is 35.9 Å². The Kier molecular flexibility index (Phi) is 4.10. The average Bonchev–Trinajstić information content (AvgIpc) is 2.39. The van der Waals surface area contributed by atoms with Gasteiger partial charge in [0.1, 0.15) is 0 Å². The number of hydrogen-bond acceptors (Lipinski definition) is 1. The lowest BCUT2D eigenvalue weighted by Gasteiger charge is -2.36. The normalized spacial score (nSPS) is 20.8. The number of carbonyl (C=O) groups excluding carboxylic acids is 1. The quantitative estimate of drug-likeness (QED) is 0.767. The van der Waals surface area contributed by atoms with Crippen molar-refractivity contribution < 1.29 is 4.79 Å². The van der Waals surface area contributed by atoms with Gasteiger partial charge in [-0.05, 0) is 32.3 Å². The van der Waals surface area contributed by atoms with Crippen molar-refractivity contribution >= 4 is 21.8 Å². The highest BCUT2D eigenvalue weighted by Gasteiger charge is 2.35. The van der Waals surface area contributed by atoms with Crippen molar-refractivity contribution in [1.29, 1.82) is 0 Å². The van der Waals surface area contributed by atoms with E-state index < -0.39 is 5.41 Å². The second-order valence-electron chi connectivity index (χ2n) is 5.48. The Morgan fingerprint density at radius 1 is 1.33 bits per heavy atom. The molecule has 1 aliphatic heterocycles. The van der Waals surface area contributed by atoms with Crippen LogP contribution in [0.5, 0.6) is 0 Å². The third-order valence-electron chi connectivity index (χ3n) is 3.68. The smallest absolute Gasteiger partial charge is 0.232 e. The predicted molar refractivity (Wildman–Crippen MR) is 78.0 cm³/mol. The third-order valence-corrected chi connectivity index (χ3v) is 4.43. The number of halogens is 1. The molecule has 1 atom stereocenters. The van der Waals surface area contributed by atoms with Crippen LogP contribution in [0.15, 0.2) is 30.3 Å². The number of hydrogen-bond donors (Lipinski definition) is 0. The highest BCUT2D eigenvalue weighted by molar-refractivity contribution is 9.09. The first-order valence-corrected chi connectivity index (χ1v) is 7.42. The van der Waals surface area contributed by atoms with Crippen molar-refractivity contribution in [2.45, 2.75) is 36.9 Å². The highest BCUT2D eigenvalue weighted by Crippen LogP contribution is 2.28. The Morgan fingerprint density at radius 2 is 2.00 bits per heavy atom. The summed E-state index contributed by atoms with van der Waals surface area (Å²) < 4.78 is 0. The molecule has 0 radical (unpaired) electrons. The van der Waals surface area contributed by atoms with Gasteiger partial charge in [0.25, 0.3) is 0 Å². The van der Waals surface area contributed by atoms with Crippen LogP contribution in [0.2, 0.25) is 0 Å². The van der Waals surface area contributed by atoms with E-state index in [0.29, 0.717) is 4.83 Å². The number of alkyl halides is 1. The van der Waals surface area contributed by atoms with Gasteiger partial charge in [0.15, 0.2) is 0 Å². The molecule has 0 aromatic heterocycles. The number of piperidine rings is 1. The number of nitrogens with zero attached hydrogens (tertiary/aromatic N) is 1. The summed E-state index contributed by atoms with van der Waals surface area (Å²) in [5.41, 5.74) is 0.650. The molecule has 3 heteroatoms. The van der Waals surface area contributed by atoms with Gasteiger partial charge in [-0.1, -0.05) is 46.3 Å². The standard InChI is InChI=1S/C15H20BrNO/c1-15(2,12-7-4-3-5-8-12)14(18)17-10-6-9-13(16)11-17/h3-5,7-8,13H,6,9-11H2,1-2H3. The Balaban J connectivity index is 2.17. The molecule has 0 bridgehead atoms. The molecule has 1 amide bonds. The van der Waals surface area contributed by atoms with Crippen molar-refractivity contribution in [1.82, 2.24) is 4.90 Å². The number of amides is 1. The fourth-order valence-corrected chi connectivity index (χ4v) is 3.16. The predicted octanol–water partition coefficient (Wildman–Crippen LogP) is 3.35. The summed E-state index contributed by atoms with van der Waals surface area (Å²) in [6, 6.07) is 10.0. The van der Waals surface area contributed by atoms with Crippen LogP contribution in [0.25, 0.3) is 0 Å². The maximum Gasteiger partial charge on any atom is 0.232 e. The first-order chi connectivity index (χ1) is 8.51. The summed E-state index contributed by atoms with van der Waals surface area (Å²) in [5, 5.41) is 0. The Labute approximate surface area is 117 Å². The van der Waals surface area contributed by atoms with Gasteiger partial charge in [0, 0.05) is 17.9 Å². The second kappa shape index (κ2) is 5.43. The molecule has 18 heavy (non-hydrogen) atoms. The Morgan fingerprint density at radius 3 is 2.61 bits per heavy atom. The largest absolute Gasteiger partial charge is 0.341 e. The summed E-state index contributed by atoms with van der Waals surface area (Å²) in [7, 11) is 0. The minimum atomic E-state index is -0.439. The van der Waals surface area contributed by atoms with Crippen LogP contribution in [-0.2, 0) is 10.2 Å². The van der Waals surface area contributed by atoms with E-state index in [9.17, 15) is 4.79 Å². The fraction of sp³-hybridized carbons (Fsp3) is 0.533. The first-order valence-electron chi connectivity index (χ1n) is 6.51. The van der Waals surface area contributed by atoms with Gasteiger partial charge in [0.2, 0.25) is 5.91 Å². The highest BCUT2D eigenvalue weighted by atomic mass is 79.9. The van der Waals surface area contributed by atoms with Crippen molar-refractivity contribution in [3.8, 4) is 0 Å². The molecule has 98 valence electrons. The van der Waals surface area contributed by atoms with Crippen LogP contribution in [0.1, 0.15) is 32.3 Å². The molecular weight excluding hydrogens is 290 g/mol. The van der Waals surface area contributed by atoms with Gasteiger partial charge in [0.05, 0.1) is 5.41 Å². The minimum Gasteiger partial charge on any atom is -0.341 e. The van der Waals surface area contributed by atoms with Crippen LogP contribution < -0.4 is 0 Å². The topological polar surface area (TPSA) is 20.3 Å². The molecule has 0 saturated carbocycles. The molecular formula is C15H20BrNO. The molecule has 1 aromatic carbocycles. The molecule has 1 saturated heterocycles. The van der Waals surface area contributed by atoms with E-state index in [1.807, 2.05) is 49.1 Å². The van der Waals surface area contributed by atoms with Crippen molar-refractivity contribution in [2.24, 2.45) is 0 Å². The molecule has 1 unspecified atom stereocenters. The van der Waals surface area contributed by atoms with E-state index >= 15 is 0 Å². The van der Waals surface area contributed by atoms with Gasteiger partial charge in [-0.3, -0.25) is 4.79 Å². The minimum absolute atomic E-state index is 0.234. The van der Waals surface area contributed by atoms with E-state index in [-0.39, 0.29) is 5.91 Å². The summed E-state index contributed by atoms with van der Waals surface area (Å²) >= 11 is 3.63. The fourth-order valence-electron chi connectivity index (χ4n) is 2.48. The lowest BCUT2D eigenvalue weighted by atomic mass is 9.83. The molecule has 2 rings (SSSR count). The second-order valence-corrected chi connectivity index (χ2v) is 6.78. The number of rotatable bonds is 2. The average molecular weight is 310 g/mol. The number of likely N-dealkylation sites (tertiary alicyclic amines) is 1. The van der Waals surface area contributed by atoms with Gasteiger partial charge in [-0.25, -0.2) is 0 Å². The molecule has 1 aliphatic rings. The van der Waals surface area contributed by atoms with Gasteiger partial charge < -0.3 is 4.90 Å². The Bertz CT molecular complexity index is 416. The first kappa shape index (κ1) is 13.6. The van der Waals surface area contributed by atoms with E-state index in [1.54, 1.807) is 0 Å². The van der Waals surface area contributed by atoms with Gasteiger partial charge in [-0.15, -0.1) is 0 Å². The van der Waals surface area contributed by atoms with Gasteiger partial charge in [-0.2, -0.15) is 0 Å². The zero-order chi connectivity index (χ0) is 13.2. The monoisotopic (exact) mass is 309 g/mol. The lowest BCUT2D eigenvalue weighted by Crippen LogP contribution is -2.48. The maximum atomic E-state index is 12.7. The van der Waals surface area contributed by atoms with Crippen molar-refractivity contribution in [2.75, 3.05) is 13.1 Å². The summed E-state index contributed by atoms with van der Waals surface area (Å²) in [5.74, 6) is 0.234. The van der Waals surface area contributed by atoms with Crippen LogP contribution in [-0.4, -0.2) is 28.7 Å². The van der Waals surface area contributed by atoms with Crippen molar-refractivity contribution in [3.63, 3.8) is 0 Å². The SMILES string of the molecule is CC(C)(C(=O)N1CCCC(Br)C1)c1ccccc1. The zero-order valence-electron chi connectivity index (χ0n) is 11.0. The van der Waals surface area contributed by atoms with E-state index in [4.69, 9.17) is 0 Å².